The summed E-state index contributed by atoms with van der Waals surface area (Å²) in [6, 6.07) is 0.368. The predicted molar refractivity (Wildman–Crippen MR) is 59.1 cm³/mol. The molecule has 0 aromatic heterocycles. The van der Waals surface area contributed by atoms with Crippen LogP contribution in [0.15, 0.2) is 0 Å². The number of nitrogens with one attached hydrogen (secondary N) is 2. The average Bonchev–Trinajstić information content (AvgIpc) is 2.69. The minimum Gasteiger partial charge on any atom is -0.450 e. The van der Waals surface area contributed by atoms with Crippen LogP contribution in [0.2, 0.25) is 0 Å². The second-order valence-electron chi connectivity index (χ2n) is 3.83. The summed E-state index contributed by atoms with van der Waals surface area (Å²) in [4.78, 5) is 24.3. The SMILES string of the molecule is CCOC(=O)NC(=O)CN(C)C1CCNC1. The van der Waals surface area contributed by atoms with Gasteiger partial charge in [0.1, 0.15) is 0 Å². The lowest BCUT2D eigenvalue weighted by Gasteiger charge is -2.22. The van der Waals surface area contributed by atoms with E-state index in [4.69, 9.17) is 0 Å². The molecule has 0 aliphatic carbocycles. The molecule has 6 nitrogen and oxygen atoms in total. The van der Waals surface area contributed by atoms with Crippen molar-refractivity contribution in [1.29, 1.82) is 0 Å². The summed E-state index contributed by atoms with van der Waals surface area (Å²) >= 11 is 0. The Morgan fingerprint density at radius 2 is 2.31 bits per heavy atom. The Morgan fingerprint density at radius 3 is 2.88 bits per heavy atom. The first kappa shape index (κ1) is 12.9. The molecule has 0 saturated carbocycles. The minimum absolute atomic E-state index is 0.213. The summed E-state index contributed by atoms with van der Waals surface area (Å²) in [5.41, 5.74) is 0. The van der Waals surface area contributed by atoms with E-state index in [1.165, 1.54) is 0 Å². The van der Waals surface area contributed by atoms with Gasteiger partial charge in [-0.1, -0.05) is 0 Å². The molecular formula is C10H19N3O3. The first-order valence-corrected chi connectivity index (χ1v) is 5.51. The maximum Gasteiger partial charge on any atom is 0.413 e. The van der Waals surface area contributed by atoms with Gasteiger partial charge in [-0.05, 0) is 26.9 Å². The zero-order chi connectivity index (χ0) is 12.0. The van der Waals surface area contributed by atoms with Crippen LogP contribution < -0.4 is 10.6 Å². The molecule has 0 aromatic carbocycles. The summed E-state index contributed by atoms with van der Waals surface area (Å²) in [5.74, 6) is -0.326. The topological polar surface area (TPSA) is 70.7 Å². The molecule has 1 aliphatic rings. The van der Waals surface area contributed by atoms with Gasteiger partial charge in [0.2, 0.25) is 5.91 Å². The molecule has 1 aliphatic heterocycles. The molecule has 1 fully saturated rings. The van der Waals surface area contributed by atoms with Gasteiger partial charge in [-0.3, -0.25) is 15.0 Å². The maximum atomic E-state index is 11.4. The van der Waals surface area contributed by atoms with E-state index in [1.54, 1.807) is 6.92 Å². The Labute approximate surface area is 95.3 Å². The highest BCUT2D eigenvalue weighted by Crippen LogP contribution is 2.04. The van der Waals surface area contributed by atoms with Crippen LogP contribution in [-0.4, -0.2) is 56.2 Å². The molecule has 16 heavy (non-hydrogen) atoms. The van der Waals surface area contributed by atoms with Gasteiger partial charge in [0, 0.05) is 12.6 Å². The zero-order valence-corrected chi connectivity index (χ0v) is 9.78. The van der Waals surface area contributed by atoms with Gasteiger partial charge in [-0.15, -0.1) is 0 Å². The Balaban J connectivity index is 2.24. The van der Waals surface area contributed by atoms with Crippen LogP contribution in [0.3, 0.4) is 0 Å². The van der Waals surface area contributed by atoms with Gasteiger partial charge in [-0.25, -0.2) is 4.79 Å². The number of carbonyl (C=O) groups excluding carboxylic acids is 2. The summed E-state index contributed by atoms with van der Waals surface area (Å²) in [7, 11) is 1.88. The molecule has 1 rings (SSSR count). The van der Waals surface area contributed by atoms with E-state index in [2.05, 4.69) is 15.4 Å². The van der Waals surface area contributed by atoms with Crippen molar-refractivity contribution in [3.05, 3.63) is 0 Å². The van der Waals surface area contributed by atoms with E-state index >= 15 is 0 Å². The fourth-order valence-electron chi connectivity index (χ4n) is 1.69. The molecule has 1 heterocycles. The van der Waals surface area contributed by atoms with Crippen LogP contribution in [0.4, 0.5) is 4.79 Å². The summed E-state index contributed by atoms with van der Waals surface area (Å²) in [5, 5.41) is 5.40. The van der Waals surface area contributed by atoms with E-state index in [1.807, 2.05) is 11.9 Å². The van der Waals surface area contributed by atoms with Gasteiger partial charge in [0.15, 0.2) is 0 Å². The second-order valence-corrected chi connectivity index (χ2v) is 3.83. The number of carbonyl (C=O) groups is 2. The van der Waals surface area contributed by atoms with E-state index < -0.39 is 6.09 Å². The van der Waals surface area contributed by atoms with E-state index in [0.717, 1.165) is 19.5 Å². The normalized spacial score (nSPS) is 19.8. The fraction of sp³-hybridized carbons (Fsp3) is 0.800. The highest BCUT2D eigenvalue weighted by molar-refractivity contribution is 5.92. The summed E-state index contributed by atoms with van der Waals surface area (Å²) < 4.78 is 4.62. The number of amides is 2. The van der Waals surface area contributed by atoms with Crippen LogP contribution in [0.5, 0.6) is 0 Å². The number of hydrogen-bond acceptors (Lipinski definition) is 5. The second kappa shape index (κ2) is 6.44. The number of ether oxygens (including phenoxy) is 1. The lowest BCUT2D eigenvalue weighted by Crippen LogP contribution is -2.43. The quantitative estimate of drug-likeness (QED) is 0.683. The van der Waals surface area contributed by atoms with Crippen molar-refractivity contribution in [3.63, 3.8) is 0 Å². The molecular weight excluding hydrogens is 210 g/mol. The maximum absolute atomic E-state index is 11.4. The number of nitrogens with zero attached hydrogens (tertiary/aromatic N) is 1. The van der Waals surface area contributed by atoms with Crippen molar-refractivity contribution < 1.29 is 14.3 Å². The van der Waals surface area contributed by atoms with Crippen LogP contribution in [0.25, 0.3) is 0 Å². The summed E-state index contributed by atoms with van der Waals surface area (Å²) in [6.07, 6.45) is 0.355. The van der Waals surface area contributed by atoms with Crippen LogP contribution >= 0.6 is 0 Å². The minimum atomic E-state index is -0.676. The van der Waals surface area contributed by atoms with Crippen LogP contribution in [0.1, 0.15) is 13.3 Å². The van der Waals surface area contributed by atoms with Crippen molar-refractivity contribution in [1.82, 2.24) is 15.5 Å². The fourth-order valence-corrected chi connectivity index (χ4v) is 1.69. The van der Waals surface area contributed by atoms with E-state index in [-0.39, 0.29) is 19.1 Å². The molecule has 1 unspecified atom stereocenters. The highest BCUT2D eigenvalue weighted by Gasteiger charge is 2.21. The molecule has 1 atom stereocenters. The van der Waals surface area contributed by atoms with Gasteiger partial charge >= 0.3 is 6.09 Å². The van der Waals surface area contributed by atoms with Crippen molar-refractivity contribution in [2.24, 2.45) is 0 Å². The number of rotatable bonds is 4. The van der Waals surface area contributed by atoms with Gasteiger partial charge in [0.05, 0.1) is 13.2 Å². The monoisotopic (exact) mass is 229 g/mol. The Bertz CT molecular complexity index is 252. The Hall–Kier alpha value is -1.14. The third kappa shape index (κ3) is 4.16. The van der Waals surface area contributed by atoms with E-state index in [9.17, 15) is 9.59 Å². The molecule has 2 N–H and O–H groups in total. The third-order valence-electron chi connectivity index (χ3n) is 2.57. The Kier molecular flexibility index (Phi) is 5.21. The van der Waals surface area contributed by atoms with Crippen molar-refractivity contribution in [2.45, 2.75) is 19.4 Å². The molecule has 92 valence electrons. The predicted octanol–water partition coefficient (Wildman–Crippen LogP) is -0.447. The molecule has 1 saturated heterocycles. The Morgan fingerprint density at radius 1 is 1.56 bits per heavy atom. The zero-order valence-electron chi connectivity index (χ0n) is 9.78. The standard InChI is InChI=1S/C10H19N3O3/c1-3-16-10(15)12-9(14)7-13(2)8-4-5-11-6-8/h8,11H,3-7H2,1-2H3,(H,12,14,15). The first-order valence-electron chi connectivity index (χ1n) is 5.51. The largest absolute Gasteiger partial charge is 0.450 e. The molecule has 0 aromatic rings. The third-order valence-corrected chi connectivity index (χ3v) is 2.57. The lowest BCUT2D eigenvalue weighted by atomic mass is 10.2. The van der Waals surface area contributed by atoms with Crippen molar-refractivity contribution >= 4 is 12.0 Å². The molecule has 0 bridgehead atoms. The van der Waals surface area contributed by atoms with Crippen LogP contribution in [-0.2, 0) is 9.53 Å². The summed E-state index contributed by atoms with van der Waals surface area (Å²) in [6.45, 7) is 4.05. The molecule has 0 spiro atoms. The van der Waals surface area contributed by atoms with Crippen LogP contribution in [0, 0.1) is 0 Å². The first-order chi connectivity index (χ1) is 7.63. The van der Waals surface area contributed by atoms with Crippen molar-refractivity contribution in [3.8, 4) is 0 Å². The number of alkyl carbamates (subject to hydrolysis) is 1. The number of likely N-dealkylation sites (N-methyl/N-ethyl adjacent to an activating group) is 1. The van der Waals surface area contributed by atoms with E-state index in [0.29, 0.717) is 6.04 Å². The molecule has 0 radical (unpaired) electrons. The molecule has 2 amide bonds. The number of hydrogen-bond donors (Lipinski definition) is 2. The van der Waals surface area contributed by atoms with Gasteiger partial charge < -0.3 is 10.1 Å². The van der Waals surface area contributed by atoms with Gasteiger partial charge in [0.25, 0.3) is 0 Å². The van der Waals surface area contributed by atoms with Crippen molar-refractivity contribution in [2.75, 3.05) is 33.3 Å². The smallest absolute Gasteiger partial charge is 0.413 e. The van der Waals surface area contributed by atoms with Gasteiger partial charge in [-0.2, -0.15) is 0 Å². The number of imide groups is 1. The molecule has 6 heteroatoms. The highest BCUT2D eigenvalue weighted by atomic mass is 16.5. The lowest BCUT2D eigenvalue weighted by molar-refractivity contribution is -0.121. The average molecular weight is 229 g/mol.